The Kier molecular flexibility index (Phi) is 2.59. The summed E-state index contributed by atoms with van der Waals surface area (Å²) in [6.07, 6.45) is 4.44. The van der Waals surface area contributed by atoms with E-state index in [0.29, 0.717) is 0 Å². The Balaban J connectivity index is 2.27. The predicted molar refractivity (Wildman–Crippen MR) is 59.6 cm³/mol. The number of aromatic nitrogens is 2. The van der Waals surface area contributed by atoms with Crippen LogP contribution in [0.3, 0.4) is 0 Å². The lowest BCUT2D eigenvalue weighted by molar-refractivity contribution is 0.137. The van der Waals surface area contributed by atoms with E-state index in [1.54, 1.807) is 0 Å². The molecule has 3 nitrogen and oxygen atoms in total. The minimum atomic E-state index is -0.306. The number of aliphatic hydroxyl groups is 1. The molecule has 15 heavy (non-hydrogen) atoms. The van der Waals surface area contributed by atoms with Crippen molar-refractivity contribution >= 4 is 0 Å². The van der Waals surface area contributed by atoms with E-state index >= 15 is 0 Å². The molecule has 0 aliphatic carbocycles. The highest BCUT2D eigenvalue weighted by Gasteiger charge is 2.23. The molecule has 1 aliphatic heterocycles. The summed E-state index contributed by atoms with van der Waals surface area (Å²) in [5.41, 5.74) is 1.25. The highest BCUT2D eigenvalue weighted by Crippen LogP contribution is 2.28. The number of aliphatic hydroxyl groups excluding tert-OH is 1. The lowest BCUT2D eigenvalue weighted by Crippen LogP contribution is -2.20. The van der Waals surface area contributed by atoms with Crippen LogP contribution >= 0.6 is 0 Å². The van der Waals surface area contributed by atoms with E-state index in [1.807, 2.05) is 6.20 Å². The van der Waals surface area contributed by atoms with E-state index in [-0.39, 0.29) is 11.5 Å². The second-order valence-corrected chi connectivity index (χ2v) is 5.65. The molecule has 2 rings (SSSR count). The molecule has 1 aromatic rings. The minimum Gasteiger partial charge on any atom is -0.387 e. The quantitative estimate of drug-likeness (QED) is 0.769. The van der Waals surface area contributed by atoms with Crippen LogP contribution in [0.4, 0.5) is 0 Å². The van der Waals surface area contributed by atoms with Gasteiger partial charge in [-0.15, -0.1) is 0 Å². The highest BCUT2D eigenvalue weighted by molar-refractivity contribution is 5.11. The summed E-state index contributed by atoms with van der Waals surface area (Å²) in [6, 6.07) is 0. The Morgan fingerprint density at radius 2 is 2.27 bits per heavy atom. The second-order valence-electron chi connectivity index (χ2n) is 5.65. The molecule has 1 unspecified atom stereocenters. The number of rotatable bonds is 1. The van der Waals surface area contributed by atoms with Gasteiger partial charge in [0.25, 0.3) is 0 Å². The first-order valence-corrected chi connectivity index (χ1v) is 5.70. The van der Waals surface area contributed by atoms with Gasteiger partial charge in [-0.2, -0.15) is 0 Å². The number of fused-ring (bicyclic) bond motifs is 1. The van der Waals surface area contributed by atoms with E-state index < -0.39 is 0 Å². The molecule has 3 heteroatoms. The molecule has 1 aromatic heterocycles. The largest absolute Gasteiger partial charge is 0.387 e. The third kappa shape index (κ3) is 2.23. The van der Waals surface area contributed by atoms with Crippen molar-refractivity contribution < 1.29 is 5.11 Å². The molecule has 1 aliphatic rings. The van der Waals surface area contributed by atoms with Crippen LogP contribution in [-0.4, -0.2) is 14.7 Å². The predicted octanol–water partition coefficient (Wildman–Crippen LogP) is 2.30. The molecule has 0 bridgehead atoms. The Morgan fingerprint density at radius 3 is 2.93 bits per heavy atom. The molecular weight excluding hydrogens is 188 g/mol. The number of hydrogen-bond acceptors (Lipinski definition) is 2. The van der Waals surface area contributed by atoms with Gasteiger partial charge < -0.3 is 9.67 Å². The zero-order valence-corrected chi connectivity index (χ0v) is 9.82. The second kappa shape index (κ2) is 3.63. The van der Waals surface area contributed by atoms with Gasteiger partial charge >= 0.3 is 0 Å². The highest BCUT2D eigenvalue weighted by atomic mass is 16.3. The molecule has 1 atom stereocenters. The molecule has 2 heterocycles. The molecule has 0 spiro atoms. The third-order valence-electron chi connectivity index (χ3n) is 2.86. The summed E-state index contributed by atoms with van der Waals surface area (Å²) >= 11 is 0. The Labute approximate surface area is 91.1 Å². The summed E-state index contributed by atoms with van der Waals surface area (Å²) in [4.78, 5) is 4.44. The zero-order valence-electron chi connectivity index (χ0n) is 9.82. The SMILES string of the molecule is CC(C)(C)Cc1ncc2n1CCCC2O. The van der Waals surface area contributed by atoms with Crippen molar-refractivity contribution in [1.82, 2.24) is 9.55 Å². The molecule has 0 aromatic carbocycles. The molecular formula is C12H20N2O. The van der Waals surface area contributed by atoms with Crippen LogP contribution in [-0.2, 0) is 13.0 Å². The zero-order chi connectivity index (χ0) is 11.1. The summed E-state index contributed by atoms with van der Waals surface area (Å²) in [6.45, 7) is 7.66. The molecule has 1 N–H and O–H groups in total. The molecule has 0 radical (unpaired) electrons. The molecule has 0 fully saturated rings. The van der Waals surface area contributed by atoms with Gasteiger partial charge in [0.2, 0.25) is 0 Å². The van der Waals surface area contributed by atoms with E-state index in [2.05, 4.69) is 30.3 Å². The van der Waals surface area contributed by atoms with Crippen molar-refractivity contribution in [2.24, 2.45) is 5.41 Å². The van der Waals surface area contributed by atoms with E-state index in [1.165, 1.54) is 0 Å². The van der Waals surface area contributed by atoms with Gasteiger partial charge in [-0.1, -0.05) is 20.8 Å². The summed E-state index contributed by atoms with van der Waals surface area (Å²) in [5.74, 6) is 1.12. The van der Waals surface area contributed by atoms with E-state index in [9.17, 15) is 5.11 Å². The first-order valence-electron chi connectivity index (χ1n) is 5.70. The number of hydrogen-bond donors (Lipinski definition) is 1. The smallest absolute Gasteiger partial charge is 0.109 e. The van der Waals surface area contributed by atoms with Crippen molar-refractivity contribution in [3.05, 3.63) is 17.7 Å². The average Bonchev–Trinajstić information content (AvgIpc) is 2.48. The monoisotopic (exact) mass is 208 g/mol. The van der Waals surface area contributed by atoms with Gasteiger partial charge in [-0.25, -0.2) is 4.98 Å². The summed E-state index contributed by atoms with van der Waals surface area (Å²) in [5, 5.41) is 9.81. The van der Waals surface area contributed by atoms with Crippen LogP contribution in [0.1, 0.15) is 51.2 Å². The first-order chi connectivity index (χ1) is 6.97. The van der Waals surface area contributed by atoms with Crippen molar-refractivity contribution in [3.63, 3.8) is 0 Å². The van der Waals surface area contributed by atoms with Crippen LogP contribution in [0.2, 0.25) is 0 Å². The first kappa shape index (κ1) is 10.7. The minimum absolute atomic E-state index is 0.254. The lowest BCUT2D eigenvalue weighted by atomic mass is 9.92. The van der Waals surface area contributed by atoms with Gasteiger partial charge in [0.15, 0.2) is 0 Å². The van der Waals surface area contributed by atoms with Gasteiger partial charge in [0.1, 0.15) is 5.82 Å². The maximum atomic E-state index is 9.81. The molecule has 84 valence electrons. The van der Waals surface area contributed by atoms with Gasteiger partial charge in [-0.3, -0.25) is 0 Å². The molecule has 0 amide bonds. The fourth-order valence-corrected chi connectivity index (χ4v) is 2.16. The topological polar surface area (TPSA) is 38.0 Å². The van der Waals surface area contributed by atoms with Crippen molar-refractivity contribution in [3.8, 4) is 0 Å². The van der Waals surface area contributed by atoms with Crippen LogP contribution in [0, 0.1) is 5.41 Å². The van der Waals surface area contributed by atoms with Gasteiger partial charge in [0, 0.05) is 13.0 Å². The fourth-order valence-electron chi connectivity index (χ4n) is 2.16. The van der Waals surface area contributed by atoms with E-state index in [4.69, 9.17) is 0 Å². The molecule has 0 saturated carbocycles. The standard InChI is InChI=1S/C12H20N2O/c1-12(2,3)7-11-13-8-9-10(15)5-4-6-14(9)11/h8,10,15H,4-7H2,1-3H3. The Bertz CT molecular complexity index is 349. The van der Waals surface area contributed by atoms with Crippen LogP contribution < -0.4 is 0 Å². The van der Waals surface area contributed by atoms with Crippen LogP contribution in [0.25, 0.3) is 0 Å². The van der Waals surface area contributed by atoms with Gasteiger partial charge in [-0.05, 0) is 18.3 Å². The average molecular weight is 208 g/mol. The van der Waals surface area contributed by atoms with Crippen molar-refractivity contribution in [1.29, 1.82) is 0 Å². The van der Waals surface area contributed by atoms with Gasteiger partial charge in [0.05, 0.1) is 18.0 Å². The normalized spacial score (nSPS) is 21.5. The lowest BCUT2D eigenvalue weighted by Gasteiger charge is -2.24. The number of nitrogens with zero attached hydrogens (tertiary/aromatic N) is 2. The van der Waals surface area contributed by atoms with Crippen LogP contribution in [0.5, 0.6) is 0 Å². The van der Waals surface area contributed by atoms with Crippen molar-refractivity contribution in [2.45, 2.75) is 52.7 Å². The van der Waals surface area contributed by atoms with E-state index in [0.717, 1.165) is 37.3 Å². The summed E-state index contributed by atoms with van der Waals surface area (Å²) < 4.78 is 2.19. The molecule has 0 saturated heterocycles. The Hall–Kier alpha value is -0.830. The maximum absolute atomic E-state index is 9.81. The fraction of sp³-hybridized carbons (Fsp3) is 0.750. The van der Waals surface area contributed by atoms with Crippen molar-refractivity contribution in [2.75, 3.05) is 0 Å². The van der Waals surface area contributed by atoms with Crippen LogP contribution in [0.15, 0.2) is 6.20 Å². The maximum Gasteiger partial charge on any atom is 0.109 e. The summed E-state index contributed by atoms with van der Waals surface area (Å²) in [7, 11) is 0. The third-order valence-corrected chi connectivity index (χ3v) is 2.86. The number of imidazole rings is 1. The Morgan fingerprint density at radius 1 is 1.53 bits per heavy atom.